The third kappa shape index (κ3) is 1.93. The van der Waals surface area contributed by atoms with E-state index in [-0.39, 0.29) is 11.8 Å². The van der Waals surface area contributed by atoms with E-state index >= 15 is 0 Å². The standard InChI is InChI=1S/C13H16N2O4/c14-13(12(17)18)3-4-15(7-13)10-6-19-11-5-8(16)1-2-9(10)11/h1-2,5,10,16H,3-4,6-7,14H2,(H,17,18). The predicted molar refractivity (Wildman–Crippen MR) is 67.1 cm³/mol. The molecule has 2 atom stereocenters. The number of benzene rings is 1. The van der Waals surface area contributed by atoms with Crippen LogP contribution in [0.2, 0.25) is 0 Å². The molecule has 1 saturated heterocycles. The smallest absolute Gasteiger partial charge is 0.325 e. The van der Waals surface area contributed by atoms with Gasteiger partial charge >= 0.3 is 5.97 Å². The Morgan fingerprint density at radius 2 is 2.32 bits per heavy atom. The number of carboxylic acids is 1. The zero-order valence-corrected chi connectivity index (χ0v) is 10.4. The van der Waals surface area contributed by atoms with Crippen LogP contribution in [0, 0.1) is 0 Å². The highest BCUT2D eigenvalue weighted by Crippen LogP contribution is 2.40. The van der Waals surface area contributed by atoms with Crippen LogP contribution in [-0.2, 0) is 4.79 Å². The molecule has 6 nitrogen and oxygen atoms in total. The van der Waals surface area contributed by atoms with Gasteiger partial charge in [-0.25, -0.2) is 0 Å². The summed E-state index contributed by atoms with van der Waals surface area (Å²) in [6, 6.07) is 5.03. The Morgan fingerprint density at radius 1 is 1.53 bits per heavy atom. The van der Waals surface area contributed by atoms with Crippen LogP contribution in [0.4, 0.5) is 0 Å². The van der Waals surface area contributed by atoms with Crippen LogP contribution in [0.5, 0.6) is 11.5 Å². The lowest BCUT2D eigenvalue weighted by molar-refractivity contribution is -0.142. The number of rotatable bonds is 2. The van der Waals surface area contributed by atoms with Crippen LogP contribution in [0.25, 0.3) is 0 Å². The summed E-state index contributed by atoms with van der Waals surface area (Å²) in [6.07, 6.45) is 0.437. The summed E-state index contributed by atoms with van der Waals surface area (Å²) >= 11 is 0. The molecule has 2 heterocycles. The van der Waals surface area contributed by atoms with E-state index in [1.807, 2.05) is 11.0 Å². The number of hydrogen-bond acceptors (Lipinski definition) is 5. The van der Waals surface area contributed by atoms with Gasteiger partial charge in [-0.15, -0.1) is 0 Å². The highest BCUT2D eigenvalue weighted by atomic mass is 16.5. The Labute approximate surface area is 110 Å². The van der Waals surface area contributed by atoms with Gasteiger partial charge in [0.1, 0.15) is 23.6 Å². The minimum atomic E-state index is -1.17. The first-order valence-corrected chi connectivity index (χ1v) is 6.22. The van der Waals surface area contributed by atoms with Crippen LogP contribution in [0.15, 0.2) is 18.2 Å². The molecule has 0 saturated carbocycles. The molecular formula is C13H16N2O4. The summed E-state index contributed by atoms with van der Waals surface area (Å²) in [5, 5.41) is 18.6. The summed E-state index contributed by atoms with van der Waals surface area (Å²) in [6.45, 7) is 1.42. The third-order valence-electron chi connectivity index (χ3n) is 3.95. The molecular weight excluding hydrogens is 248 g/mol. The van der Waals surface area contributed by atoms with Crippen LogP contribution < -0.4 is 10.5 Å². The number of phenolic OH excluding ortho intramolecular Hbond substituents is 1. The number of carbonyl (C=O) groups is 1. The monoisotopic (exact) mass is 264 g/mol. The van der Waals surface area contributed by atoms with Crippen molar-refractivity contribution in [3.63, 3.8) is 0 Å². The molecule has 102 valence electrons. The van der Waals surface area contributed by atoms with Gasteiger partial charge in [0.15, 0.2) is 0 Å². The van der Waals surface area contributed by atoms with Crippen LogP contribution in [0.1, 0.15) is 18.0 Å². The number of nitrogens with two attached hydrogens (primary N) is 1. The molecule has 0 aliphatic carbocycles. The second kappa shape index (κ2) is 4.11. The first-order chi connectivity index (χ1) is 8.99. The number of nitrogens with zero attached hydrogens (tertiary/aromatic N) is 1. The van der Waals surface area contributed by atoms with Crippen molar-refractivity contribution in [2.24, 2.45) is 5.73 Å². The molecule has 19 heavy (non-hydrogen) atoms. The molecule has 2 aliphatic rings. The molecule has 2 aliphatic heterocycles. The molecule has 2 unspecified atom stereocenters. The SMILES string of the molecule is NC1(C(=O)O)CCN(C2COc3cc(O)ccc32)C1. The van der Waals surface area contributed by atoms with Crippen molar-refractivity contribution in [2.75, 3.05) is 19.7 Å². The maximum Gasteiger partial charge on any atom is 0.325 e. The molecule has 0 bridgehead atoms. The lowest BCUT2D eigenvalue weighted by Gasteiger charge is -2.24. The van der Waals surface area contributed by atoms with E-state index in [0.29, 0.717) is 31.9 Å². The lowest BCUT2D eigenvalue weighted by Crippen LogP contribution is -2.50. The number of carboxylic acid groups (broad SMARTS) is 1. The molecule has 0 amide bonds. The van der Waals surface area contributed by atoms with E-state index in [1.54, 1.807) is 12.1 Å². The minimum Gasteiger partial charge on any atom is -0.508 e. The summed E-state index contributed by atoms with van der Waals surface area (Å²) < 4.78 is 5.54. The van der Waals surface area contributed by atoms with Gasteiger partial charge in [0, 0.05) is 24.7 Å². The highest BCUT2D eigenvalue weighted by Gasteiger charge is 2.45. The van der Waals surface area contributed by atoms with Crippen molar-refractivity contribution in [1.29, 1.82) is 0 Å². The van der Waals surface area contributed by atoms with Crippen molar-refractivity contribution >= 4 is 5.97 Å². The molecule has 1 aromatic carbocycles. The average Bonchev–Trinajstić information content (AvgIpc) is 2.93. The first-order valence-electron chi connectivity index (χ1n) is 6.22. The Balaban J connectivity index is 1.82. The average molecular weight is 264 g/mol. The third-order valence-corrected chi connectivity index (χ3v) is 3.95. The maximum absolute atomic E-state index is 11.2. The van der Waals surface area contributed by atoms with Gasteiger partial charge in [-0.05, 0) is 18.6 Å². The van der Waals surface area contributed by atoms with E-state index in [9.17, 15) is 9.90 Å². The molecule has 0 spiro atoms. The van der Waals surface area contributed by atoms with Crippen molar-refractivity contribution < 1.29 is 19.7 Å². The first kappa shape index (κ1) is 12.3. The number of ether oxygens (including phenoxy) is 1. The molecule has 3 rings (SSSR count). The van der Waals surface area contributed by atoms with E-state index in [0.717, 1.165) is 5.56 Å². The predicted octanol–water partition coefficient (Wildman–Crippen LogP) is 0.313. The van der Waals surface area contributed by atoms with Crippen molar-refractivity contribution in [2.45, 2.75) is 18.0 Å². The Hall–Kier alpha value is -1.79. The van der Waals surface area contributed by atoms with E-state index in [4.69, 9.17) is 15.6 Å². The Morgan fingerprint density at radius 3 is 3.00 bits per heavy atom. The van der Waals surface area contributed by atoms with Crippen LogP contribution >= 0.6 is 0 Å². The summed E-state index contributed by atoms with van der Waals surface area (Å²) in [4.78, 5) is 13.2. The maximum atomic E-state index is 11.2. The molecule has 4 N–H and O–H groups in total. The number of aromatic hydroxyl groups is 1. The fourth-order valence-corrected chi connectivity index (χ4v) is 2.79. The number of fused-ring (bicyclic) bond motifs is 1. The second-order valence-corrected chi connectivity index (χ2v) is 5.23. The fourth-order valence-electron chi connectivity index (χ4n) is 2.79. The molecule has 0 radical (unpaired) electrons. The van der Waals surface area contributed by atoms with Gasteiger partial charge in [0.05, 0.1) is 6.04 Å². The van der Waals surface area contributed by atoms with Crippen molar-refractivity contribution in [3.8, 4) is 11.5 Å². The molecule has 1 aromatic rings. The quantitative estimate of drug-likeness (QED) is 0.711. The number of hydrogen-bond donors (Lipinski definition) is 3. The molecule has 0 aromatic heterocycles. The zero-order chi connectivity index (χ0) is 13.6. The zero-order valence-electron chi connectivity index (χ0n) is 10.4. The minimum absolute atomic E-state index is 0.0142. The van der Waals surface area contributed by atoms with E-state index < -0.39 is 11.5 Å². The lowest BCUT2D eigenvalue weighted by atomic mass is 10.0. The van der Waals surface area contributed by atoms with Crippen LogP contribution in [-0.4, -0.2) is 46.3 Å². The van der Waals surface area contributed by atoms with Gasteiger partial charge in [-0.1, -0.05) is 0 Å². The van der Waals surface area contributed by atoms with Crippen LogP contribution in [0.3, 0.4) is 0 Å². The summed E-state index contributed by atoms with van der Waals surface area (Å²) in [5.74, 6) is -0.130. The van der Waals surface area contributed by atoms with Gasteiger partial charge in [-0.2, -0.15) is 0 Å². The van der Waals surface area contributed by atoms with Crippen molar-refractivity contribution in [1.82, 2.24) is 4.90 Å². The fraction of sp³-hybridized carbons (Fsp3) is 0.462. The van der Waals surface area contributed by atoms with E-state index in [2.05, 4.69) is 0 Å². The molecule has 6 heteroatoms. The normalized spacial score (nSPS) is 30.1. The Bertz CT molecular complexity index is 533. The Kier molecular flexibility index (Phi) is 2.65. The molecule has 1 fully saturated rings. The van der Waals surface area contributed by atoms with E-state index in [1.165, 1.54) is 0 Å². The number of phenols is 1. The van der Waals surface area contributed by atoms with Gasteiger partial charge in [0.2, 0.25) is 0 Å². The second-order valence-electron chi connectivity index (χ2n) is 5.23. The highest BCUT2D eigenvalue weighted by molar-refractivity contribution is 5.79. The van der Waals surface area contributed by atoms with Crippen molar-refractivity contribution in [3.05, 3.63) is 23.8 Å². The summed E-state index contributed by atoms with van der Waals surface area (Å²) in [5.41, 5.74) is 5.69. The largest absolute Gasteiger partial charge is 0.508 e. The number of likely N-dealkylation sites (tertiary alicyclic amines) is 1. The van der Waals surface area contributed by atoms with Gasteiger partial charge in [-0.3, -0.25) is 9.69 Å². The van der Waals surface area contributed by atoms with Gasteiger partial charge < -0.3 is 20.7 Å². The number of aliphatic carboxylic acids is 1. The topological polar surface area (TPSA) is 96.0 Å². The van der Waals surface area contributed by atoms with Gasteiger partial charge in [0.25, 0.3) is 0 Å². The summed E-state index contributed by atoms with van der Waals surface area (Å²) in [7, 11) is 0.